The molecular formula is C8H5BrF2INO. The van der Waals surface area contributed by atoms with Crippen molar-refractivity contribution in [3.8, 4) is 0 Å². The van der Waals surface area contributed by atoms with Crippen LogP contribution in [-0.4, -0.2) is 11.3 Å². The van der Waals surface area contributed by atoms with E-state index < -0.39 is 6.43 Å². The van der Waals surface area contributed by atoms with Crippen molar-refractivity contribution in [1.29, 1.82) is 0 Å². The summed E-state index contributed by atoms with van der Waals surface area (Å²) in [6.45, 7) is 0. The van der Waals surface area contributed by atoms with Crippen LogP contribution in [0.15, 0.2) is 6.20 Å². The third-order valence-electron chi connectivity index (χ3n) is 1.67. The molecule has 1 rings (SSSR count). The number of halogens is 4. The molecule has 1 heterocycles. The van der Waals surface area contributed by atoms with Crippen LogP contribution in [0.2, 0.25) is 0 Å². The van der Waals surface area contributed by atoms with Crippen molar-refractivity contribution in [3.05, 3.63) is 26.6 Å². The Morgan fingerprint density at radius 2 is 2.29 bits per heavy atom. The van der Waals surface area contributed by atoms with E-state index in [2.05, 4.69) is 20.9 Å². The van der Waals surface area contributed by atoms with Crippen LogP contribution in [0, 0.1) is 3.57 Å². The van der Waals surface area contributed by atoms with Crippen LogP contribution < -0.4 is 0 Å². The Morgan fingerprint density at radius 1 is 1.64 bits per heavy atom. The van der Waals surface area contributed by atoms with E-state index in [1.807, 2.05) is 22.6 Å². The van der Waals surface area contributed by atoms with E-state index in [0.29, 0.717) is 9.86 Å². The molecule has 1 aromatic rings. The fraction of sp³-hybridized carbons (Fsp3) is 0.250. The van der Waals surface area contributed by atoms with Crippen molar-refractivity contribution < 1.29 is 13.6 Å². The molecule has 6 heteroatoms. The minimum absolute atomic E-state index is 0.199. The number of pyridine rings is 1. The van der Waals surface area contributed by atoms with Crippen molar-refractivity contribution in [3.63, 3.8) is 0 Å². The Morgan fingerprint density at radius 3 is 2.71 bits per heavy atom. The molecule has 0 fully saturated rings. The summed E-state index contributed by atoms with van der Waals surface area (Å²) in [6, 6.07) is 0. The average Bonchev–Trinajstić information content (AvgIpc) is 2.16. The maximum Gasteiger partial charge on any atom is 0.280 e. The topological polar surface area (TPSA) is 30.0 Å². The van der Waals surface area contributed by atoms with Crippen LogP contribution >= 0.6 is 38.5 Å². The number of rotatable bonds is 3. The summed E-state index contributed by atoms with van der Waals surface area (Å²) >= 11 is 4.96. The molecule has 0 saturated carbocycles. The smallest absolute Gasteiger partial charge is 0.280 e. The first-order valence-electron chi connectivity index (χ1n) is 3.58. The normalized spacial score (nSPS) is 10.6. The molecule has 0 spiro atoms. The third-order valence-corrected chi connectivity index (χ3v) is 3.09. The molecule has 0 aliphatic rings. The highest BCUT2D eigenvalue weighted by atomic mass is 127. The summed E-state index contributed by atoms with van der Waals surface area (Å²) < 4.78 is 25.5. The summed E-state index contributed by atoms with van der Waals surface area (Å²) in [5.74, 6) is 0. The van der Waals surface area contributed by atoms with Crippen LogP contribution in [0.25, 0.3) is 0 Å². The second-order valence-corrected chi connectivity index (χ2v) is 4.16. The van der Waals surface area contributed by atoms with E-state index in [4.69, 9.17) is 0 Å². The lowest BCUT2D eigenvalue weighted by atomic mass is 10.1. The van der Waals surface area contributed by atoms with Gasteiger partial charge in [0.25, 0.3) is 6.43 Å². The van der Waals surface area contributed by atoms with Crippen molar-refractivity contribution in [2.75, 3.05) is 0 Å². The second kappa shape index (κ2) is 5.11. The van der Waals surface area contributed by atoms with E-state index in [1.165, 1.54) is 6.20 Å². The van der Waals surface area contributed by atoms with Crippen LogP contribution in [0.4, 0.5) is 8.78 Å². The van der Waals surface area contributed by atoms with Gasteiger partial charge in [-0.2, -0.15) is 0 Å². The molecule has 2 nitrogen and oxygen atoms in total. The number of alkyl halides is 3. The number of aromatic nitrogens is 1. The fourth-order valence-electron chi connectivity index (χ4n) is 1.01. The summed E-state index contributed by atoms with van der Waals surface area (Å²) in [5.41, 5.74) is 0.221. The van der Waals surface area contributed by atoms with E-state index in [-0.39, 0.29) is 22.2 Å². The number of hydrogen-bond acceptors (Lipinski definition) is 2. The summed E-state index contributed by atoms with van der Waals surface area (Å²) in [7, 11) is 0. The molecule has 0 aliphatic carbocycles. The Kier molecular flexibility index (Phi) is 4.36. The molecule has 0 aromatic carbocycles. The molecule has 0 N–H and O–H groups in total. The van der Waals surface area contributed by atoms with Crippen molar-refractivity contribution in [2.24, 2.45) is 0 Å². The zero-order valence-corrected chi connectivity index (χ0v) is 10.5. The summed E-state index contributed by atoms with van der Waals surface area (Å²) in [4.78, 5) is 14.3. The Labute approximate surface area is 101 Å². The van der Waals surface area contributed by atoms with Crippen molar-refractivity contribution in [1.82, 2.24) is 4.98 Å². The van der Waals surface area contributed by atoms with Gasteiger partial charge in [0.15, 0.2) is 6.29 Å². The predicted molar refractivity (Wildman–Crippen MR) is 59.9 cm³/mol. The highest BCUT2D eigenvalue weighted by Crippen LogP contribution is 2.27. The lowest BCUT2D eigenvalue weighted by molar-refractivity contribution is 0.112. The largest absolute Gasteiger partial charge is 0.298 e. The molecule has 0 atom stereocenters. The monoisotopic (exact) mass is 375 g/mol. The first kappa shape index (κ1) is 12.0. The zero-order valence-electron chi connectivity index (χ0n) is 6.81. The van der Waals surface area contributed by atoms with E-state index in [1.54, 1.807) is 0 Å². The van der Waals surface area contributed by atoms with Crippen LogP contribution in [0.1, 0.15) is 28.0 Å². The molecule has 0 saturated heterocycles. The molecule has 0 aliphatic heterocycles. The first-order valence-corrected chi connectivity index (χ1v) is 5.78. The molecule has 1 aromatic heterocycles. The maximum atomic E-state index is 12.5. The number of carbonyl (C=O) groups excluding carboxylic acids is 1. The summed E-state index contributed by atoms with van der Waals surface area (Å²) in [5, 5.41) is 0.199. The molecule has 0 amide bonds. The van der Waals surface area contributed by atoms with Gasteiger partial charge >= 0.3 is 0 Å². The van der Waals surface area contributed by atoms with Gasteiger partial charge in [-0.3, -0.25) is 9.78 Å². The van der Waals surface area contributed by atoms with Crippen molar-refractivity contribution >= 4 is 44.8 Å². The average molecular weight is 376 g/mol. The lowest BCUT2D eigenvalue weighted by Gasteiger charge is -2.08. The quantitative estimate of drug-likeness (QED) is 0.461. The minimum atomic E-state index is -2.65. The van der Waals surface area contributed by atoms with Crippen molar-refractivity contribution in [2.45, 2.75) is 11.8 Å². The molecule has 76 valence electrons. The van der Waals surface area contributed by atoms with Gasteiger partial charge in [-0.15, -0.1) is 0 Å². The SMILES string of the molecule is O=Cc1c(I)cnc(C(F)F)c1CBr. The molecular weight excluding hydrogens is 371 g/mol. The lowest BCUT2D eigenvalue weighted by Crippen LogP contribution is -2.03. The Balaban J connectivity index is 3.40. The summed E-state index contributed by atoms with van der Waals surface area (Å²) in [6.07, 6.45) is -0.803. The number of carbonyl (C=O) groups is 1. The standard InChI is InChI=1S/C8H5BrF2INO/c9-1-4-5(3-14)6(12)2-13-7(4)8(10)11/h2-3,8H,1H2. The second-order valence-electron chi connectivity index (χ2n) is 2.44. The molecule has 0 bridgehead atoms. The number of nitrogens with zero attached hydrogens (tertiary/aromatic N) is 1. The van der Waals surface area contributed by atoms with Crippen LogP contribution in [-0.2, 0) is 5.33 Å². The van der Waals surface area contributed by atoms with Gasteiger partial charge in [-0.1, -0.05) is 15.9 Å². The minimum Gasteiger partial charge on any atom is -0.298 e. The Bertz CT molecular complexity index is 359. The third kappa shape index (κ3) is 2.28. The fourth-order valence-corrected chi connectivity index (χ4v) is 2.19. The predicted octanol–water partition coefficient (Wildman–Crippen LogP) is 3.33. The maximum absolute atomic E-state index is 12.5. The number of hydrogen-bond donors (Lipinski definition) is 0. The van der Waals surface area contributed by atoms with Gasteiger partial charge < -0.3 is 0 Å². The first-order chi connectivity index (χ1) is 6.61. The Hall–Kier alpha value is -0.110. The van der Waals surface area contributed by atoms with E-state index in [9.17, 15) is 13.6 Å². The van der Waals surface area contributed by atoms with Gasteiger partial charge in [0.1, 0.15) is 5.69 Å². The zero-order chi connectivity index (χ0) is 10.7. The highest BCUT2D eigenvalue weighted by Gasteiger charge is 2.18. The highest BCUT2D eigenvalue weighted by molar-refractivity contribution is 14.1. The molecule has 0 unspecified atom stereocenters. The van der Waals surface area contributed by atoms with Gasteiger partial charge in [0.2, 0.25) is 0 Å². The number of aldehydes is 1. The molecule has 14 heavy (non-hydrogen) atoms. The van der Waals surface area contributed by atoms with Gasteiger partial charge in [-0.05, 0) is 22.6 Å². The van der Waals surface area contributed by atoms with Gasteiger partial charge in [0, 0.05) is 26.2 Å². The van der Waals surface area contributed by atoms with E-state index in [0.717, 1.165) is 0 Å². The van der Waals surface area contributed by atoms with Crippen LogP contribution in [0.3, 0.4) is 0 Å². The van der Waals surface area contributed by atoms with E-state index >= 15 is 0 Å². The van der Waals surface area contributed by atoms with Gasteiger partial charge in [-0.25, -0.2) is 8.78 Å². The molecule has 0 radical (unpaired) electrons. The van der Waals surface area contributed by atoms with Gasteiger partial charge in [0.05, 0.1) is 0 Å². The van der Waals surface area contributed by atoms with Crippen LogP contribution in [0.5, 0.6) is 0 Å².